The maximum Gasteiger partial charge on any atom is 0.328 e. The van der Waals surface area contributed by atoms with Gasteiger partial charge in [0.2, 0.25) is 5.91 Å². The summed E-state index contributed by atoms with van der Waals surface area (Å²) in [6.45, 7) is 0.108. The van der Waals surface area contributed by atoms with Gasteiger partial charge in [0, 0.05) is 30.9 Å². The number of hydrogen-bond donors (Lipinski definition) is 2. The van der Waals surface area contributed by atoms with E-state index in [0.29, 0.717) is 5.69 Å². The van der Waals surface area contributed by atoms with Crippen molar-refractivity contribution in [2.45, 2.75) is 13.0 Å². The Morgan fingerprint density at radius 1 is 1.33 bits per heavy atom. The molecule has 8 heteroatoms. The zero-order chi connectivity index (χ0) is 15.4. The van der Waals surface area contributed by atoms with Gasteiger partial charge in [-0.1, -0.05) is 11.6 Å². The maximum atomic E-state index is 13.0. The number of carbonyl (C=O) groups is 1. The van der Waals surface area contributed by atoms with Crippen LogP contribution in [0.4, 0.5) is 10.1 Å². The number of aromatic amines is 1. The van der Waals surface area contributed by atoms with Gasteiger partial charge in [0.25, 0.3) is 5.56 Å². The molecule has 1 aromatic carbocycles. The van der Waals surface area contributed by atoms with Crippen molar-refractivity contribution in [3.05, 3.63) is 62.1 Å². The van der Waals surface area contributed by atoms with Crippen LogP contribution in [0.2, 0.25) is 5.02 Å². The number of halogens is 2. The molecule has 1 heterocycles. The minimum Gasteiger partial charge on any atom is -0.326 e. The Balaban J connectivity index is 1.97. The third-order valence-corrected chi connectivity index (χ3v) is 2.97. The van der Waals surface area contributed by atoms with Crippen LogP contribution in [-0.2, 0) is 11.3 Å². The van der Waals surface area contributed by atoms with E-state index in [4.69, 9.17) is 11.6 Å². The van der Waals surface area contributed by atoms with Crippen LogP contribution in [0.5, 0.6) is 0 Å². The van der Waals surface area contributed by atoms with Crippen LogP contribution in [0.25, 0.3) is 0 Å². The first-order chi connectivity index (χ1) is 9.95. The summed E-state index contributed by atoms with van der Waals surface area (Å²) in [4.78, 5) is 36.1. The number of H-pyrrole nitrogens is 1. The monoisotopic (exact) mass is 311 g/mol. The molecule has 0 unspecified atom stereocenters. The fourth-order valence-corrected chi connectivity index (χ4v) is 1.82. The van der Waals surface area contributed by atoms with Crippen molar-refractivity contribution in [3.63, 3.8) is 0 Å². The van der Waals surface area contributed by atoms with Crippen LogP contribution in [0, 0.1) is 5.82 Å². The van der Waals surface area contributed by atoms with Crippen LogP contribution in [0.3, 0.4) is 0 Å². The van der Waals surface area contributed by atoms with Crippen molar-refractivity contribution in [1.29, 1.82) is 0 Å². The van der Waals surface area contributed by atoms with Crippen molar-refractivity contribution in [1.82, 2.24) is 9.55 Å². The predicted molar refractivity (Wildman–Crippen MR) is 76.0 cm³/mol. The summed E-state index contributed by atoms with van der Waals surface area (Å²) in [6.07, 6.45) is 1.32. The quantitative estimate of drug-likeness (QED) is 0.894. The lowest BCUT2D eigenvalue weighted by Gasteiger charge is -2.07. The number of nitrogens with zero attached hydrogens (tertiary/aromatic N) is 1. The van der Waals surface area contributed by atoms with E-state index in [1.807, 2.05) is 0 Å². The number of nitrogens with one attached hydrogen (secondary N) is 2. The first-order valence-electron chi connectivity index (χ1n) is 6.00. The fourth-order valence-electron chi connectivity index (χ4n) is 1.64. The van der Waals surface area contributed by atoms with E-state index in [-0.39, 0.29) is 23.9 Å². The first kappa shape index (κ1) is 15.0. The van der Waals surface area contributed by atoms with E-state index in [1.54, 1.807) is 0 Å². The summed E-state index contributed by atoms with van der Waals surface area (Å²) in [5.74, 6) is -0.940. The number of carbonyl (C=O) groups excluding carboxylic acids is 1. The van der Waals surface area contributed by atoms with E-state index >= 15 is 0 Å². The minimum atomic E-state index is -0.583. The van der Waals surface area contributed by atoms with Crippen LogP contribution < -0.4 is 16.6 Å². The molecule has 0 fully saturated rings. The van der Waals surface area contributed by atoms with E-state index in [9.17, 15) is 18.8 Å². The number of hydrogen-bond acceptors (Lipinski definition) is 3. The fraction of sp³-hybridized carbons (Fsp3) is 0.154. The van der Waals surface area contributed by atoms with Gasteiger partial charge in [0.15, 0.2) is 0 Å². The average molecular weight is 312 g/mol. The second-order valence-corrected chi connectivity index (χ2v) is 4.64. The third kappa shape index (κ3) is 4.03. The molecule has 21 heavy (non-hydrogen) atoms. The van der Waals surface area contributed by atoms with Crippen molar-refractivity contribution < 1.29 is 9.18 Å². The number of amides is 1. The van der Waals surface area contributed by atoms with E-state index in [2.05, 4.69) is 10.3 Å². The highest BCUT2D eigenvalue weighted by molar-refractivity contribution is 6.31. The second-order valence-electron chi connectivity index (χ2n) is 4.23. The Labute approximate surface area is 123 Å². The molecule has 2 rings (SSSR count). The Morgan fingerprint density at radius 2 is 2.10 bits per heavy atom. The summed E-state index contributed by atoms with van der Waals surface area (Å²) in [7, 11) is 0. The van der Waals surface area contributed by atoms with E-state index < -0.39 is 17.1 Å². The summed E-state index contributed by atoms with van der Waals surface area (Å²) in [5, 5.41) is 2.44. The molecule has 0 bridgehead atoms. The third-order valence-electron chi connectivity index (χ3n) is 2.68. The average Bonchev–Trinajstić information content (AvgIpc) is 2.42. The van der Waals surface area contributed by atoms with Gasteiger partial charge in [-0.2, -0.15) is 0 Å². The maximum absolute atomic E-state index is 13.0. The number of benzene rings is 1. The molecule has 110 valence electrons. The summed E-state index contributed by atoms with van der Waals surface area (Å²) < 4.78 is 14.2. The van der Waals surface area contributed by atoms with Gasteiger partial charge >= 0.3 is 5.69 Å². The first-order valence-corrected chi connectivity index (χ1v) is 6.38. The van der Waals surface area contributed by atoms with Crippen molar-refractivity contribution >= 4 is 23.2 Å². The summed E-state index contributed by atoms with van der Waals surface area (Å²) >= 11 is 5.60. The van der Waals surface area contributed by atoms with Crippen LogP contribution >= 0.6 is 11.6 Å². The highest BCUT2D eigenvalue weighted by Crippen LogP contribution is 2.19. The van der Waals surface area contributed by atoms with Gasteiger partial charge in [0.05, 0.1) is 5.02 Å². The molecule has 0 atom stereocenters. The van der Waals surface area contributed by atoms with E-state index in [0.717, 1.165) is 6.07 Å². The van der Waals surface area contributed by atoms with Gasteiger partial charge in [0.1, 0.15) is 5.82 Å². The highest BCUT2D eigenvalue weighted by Gasteiger charge is 2.06. The lowest BCUT2D eigenvalue weighted by molar-refractivity contribution is -0.116. The second kappa shape index (κ2) is 6.36. The van der Waals surface area contributed by atoms with Gasteiger partial charge < -0.3 is 9.88 Å². The Hall–Kier alpha value is -2.41. The molecule has 6 nitrogen and oxygen atoms in total. The Kier molecular flexibility index (Phi) is 4.54. The molecule has 0 aliphatic rings. The molecule has 1 aromatic heterocycles. The zero-order valence-corrected chi connectivity index (χ0v) is 11.5. The number of anilines is 1. The molecule has 0 spiro atoms. The molecular weight excluding hydrogens is 301 g/mol. The lowest BCUT2D eigenvalue weighted by Crippen LogP contribution is -2.29. The highest BCUT2D eigenvalue weighted by atomic mass is 35.5. The molecular formula is C13H11ClFN3O3. The molecule has 2 aromatic rings. The topological polar surface area (TPSA) is 84.0 Å². The molecule has 0 saturated carbocycles. The molecule has 1 amide bonds. The van der Waals surface area contributed by atoms with Gasteiger partial charge in [-0.05, 0) is 18.2 Å². The summed E-state index contributed by atoms with van der Waals surface area (Å²) in [6, 6.07) is 5.01. The predicted octanol–water partition coefficient (Wildman–Crippen LogP) is 1.36. The van der Waals surface area contributed by atoms with Gasteiger partial charge in [-0.3, -0.25) is 14.6 Å². The number of aryl methyl sites for hydroxylation is 1. The molecule has 0 radical (unpaired) electrons. The summed E-state index contributed by atoms with van der Waals surface area (Å²) in [5.41, 5.74) is -0.720. The minimum absolute atomic E-state index is 0.0148. The van der Waals surface area contributed by atoms with E-state index in [1.165, 1.54) is 29.0 Å². The molecule has 0 saturated heterocycles. The lowest BCUT2D eigenvalue weighted by atomic mass is 10.3. The molecule has 2 N–H and O–H groups in total. The van der Waals surface area contributed by atoms with Crippen LogP contribution in [0.15, 0.2) is 40.1 Å². The van der Waals surface area contributed by atoms with Crippen LogP contribution in [0.1, 0.15) is 6.42 Å². The molecule has 0 aliphatic carbocycles. The van der Waals surface area contributed by atoms with Gasteiger partial charge in [-0.15, -0.1) is 0 Å². The van der Waals surface area contributed by atoms with Gasteiger partial charge in [-0.25, -0.2) is 9.18 Å². The van der Waals surface area contributed by atoms with Crippen molar-refractivity contribution in [2.75, 3.05) is 5.32 Å². The molecule has 0 aliphatic heterocycles. The zero-order valence-electron chi connectivity index (χ0n) is 10.7. The largest absolute Gasteiger partial charge is 0.328 e. The normalized spacial score (nSPS) is 10.4. The van der Waals surface area contributed by atoms with Crippen LogP contribution in [-0.4, -0.2) is 15.5 Å². The van der Waals surface area contributed by atoms with Crippen molar-refractivity contribution in [3.8, 4) is 0 Å². The standard InChI is InChI=1S/C13H11ClFN3O3/c14-9-7-8(1-2-10(9)15)16-11(19)3-5-18-6-4-12(20)17-13(18)21/h1-2,4,6-7H,3,5H2,(H,16,19)(H,17,20,21). The van der Waals surface area contributed by atoms with Crippen molar-refractivity contribution in [2.24, 2.45) is 0 Å². The SMILES string of the molecule is O=C(CCn1ccc(=O)[nH]c1=O)Nc1ccc(F)c(Cl)c1. The Morgan fingerprint density at radius 3 is 2.76 bits per heavy atom. The smallest absolute Gasteiger partial charge is 0.326 e. The number of aromatic nitrogens is 2. The Bertz CT molecular complexity index is 785. The number of rotatable bonds is 4.